The van der Waals surface area contributed by atoms with Crippen LogP contribution in [-0.4, -0.2) is 42.1 Å². The normalized spacial score (nSPS) is 11.9. The number of carboxylic acids is 1. The number of aliphatic carboxylic acids is 1. The van der Waals surface area contributed by atoms with E-state index in [9.17, 15) is 14.7 Å². The highest BCUT2D eigenvalue weighted by molar-refractivity contribution is 5.97. The molecule has 6 nitrogen and oxygen atoms in total. The summed E-state index contributed by atoms with van der Waals surface area (Å²) in [5.41, 5.74) is 3.11. The summed E-state index contributed by atoms with van der Waals surface area (Å²) in [4.78, 5) is 29.2. The molecule has 0 saturated heterocycles. The number of hydrogen-bond donors (Lipinski definition) is 3. The largest absolute Gasteiger partial charge is 0.480 e. The molecule has 0 spiro atoms. The van der Waals surface area contributed by atoms with Crippen LogP contribution in [0.5, 0.6) is 0 Å². The van der Waals surface area contributed by atoms with E-state index in [1.54, 1.807) is 24.4 Å². The number of H-pyrrole nitrogens is 1. The van der Waals surface area contributed by atoms with Crippen molar-refractivity contribution in [2.75, 3.05) is 19.0 Å². The minimum Gasteiger partial charge on any atom is -0.480 e. The second-order valence-electron chi connectivity index (χ2n) is 6.37. The summed E-state index contributed by atoms with van der Waals surface area (Å²) in [6.07, 6.45) is 2.00. The lowest BCUT2D eigenvalue weighted by molar-refractivity contribution is -0.139. The Balaban J connectivity index is 1.79. The molecule has 0 bridgehead atoms. The van der Waals surface area contributed by atoms with Crippen molar-refractivity contribution in [3.63, 3.8) is 0 Å². The highest BCUT2D eigenvalue weighted by Gasteiger charge is 2.22. The fraction of sp³-hybridized carbons (Fsp3) is 0.200. The average Bonchev–Trinajstić information content (AvgIpc) is 3.04. The lowest BCUT2D eigenvalue weighted by Gasteiger charge is -2.16. The van der Waals surface area contributed by atoms with Crippen LogP contribution in [0.2, 0.25) is 0 Å². The molecule has 1 unspecified atom stereocenters. The van der Waals surface area contributed by atoms with E-state index in [0.717, 1.165) is 22.2 Å². The maximum absolute atomic E-state index is 12.5. The zero-order valence-electron chi connectivity index (χ0n) is 14.7. The monoisotopic (exact) mass is 351 g/mol. The van der Waals surface area contributed by atoms with Crippen molar-refractivity contribution in [3.05, 3.63) is 65.9 Å². The number of carbonyl (C=O) groups is 2. The second kappa shape index (κ2) is 7.31. The zero-order valence-corrected chi connectivity index (χ0v) is 14.7. The number of amides is 1. The van der Waals surface area contributed by atoms with E-state index in [1.165, 1.54) is 0 Å². The summed E-state index contributed by atoms with van der Waals surface area (Å²) in [5.74, 6) is -1.46. The highest BCUT2D eigenvalue weighted by Crippen LogP contribution is 2.19. The SMILES string of the molecule is CN(C)c1cccc(C(=O)NC(Cc2c[nH]c3ccccc23)C(=O)O)c1. The molecular weight excluding hydrogens is 330 g/mol. The first-order valence-electron chi connectivity index (χ1n) is 8.32. The van der Waals surface area contributed by atoms with Gasteiger partial charge in [-0.05, 0) is 29.8 Å². The Bertz CT molecular complexity index is 946. The molecule has 1 heterocycles. The molecule has 0 saturated carbocycles. The summed E-state index contributed by atoms with van der Waals surface area (Å²) >= 11 is 0. The van der Waals surface area contributed by atoms with Gasteiger partial charge in [-0.2, -0.15) is 0 Å². The summed E-state index contributed by atoms with van der Waals surface area (Å²) in [7, 11) is 3.77. The zero-order chi connectivity index (χ0) is 18.7. The molecule has 6 heteroatoms. The molecule has 0 radical (unpaired) electrons. The van der Waals surface area contributed by atoms with E-state index in [0.29, 0.717) is 5.56 Å². The van der Waals surface area contributed by atoms with Crippen LogP contribution in [0.3, 0.4) is 0 Å². The predicted octanol–water partition coefficient (Wildman–Crippen LogP) is 2.66. The summed E-state index contributed by atoms with van der Waals surface area (Å²) < 4.78 is 0. The van der Waals surface area contributed by atoms with Crippen molar-refractivity contribution in [3.8, 4) is 0 Å². The molecular formula is C20H21N3O3. The first kappa shape index (κ1) is 17.5. The molecule has 0 aliphatic heterocycles. The van der Waals surface area contributed by atoms with Crippen LogP contribution in [0.15, 0.2) is 54.7 Å². The van der Waals surface area contributed by atoms with Crippen LogP contribution in [0.1, 0.15) is 15.9 Å². The van der Waals surface area contributed by atoms with Gasteiger partial charge >= 0.3 is 5.97 Å². The number of carbonyl (C=O) groups excluding carboxylic acids is 1. The van der Waals surface area contributed by atoms with Gasteiger partial charge in [-0.15, -0.1) is 0 Å². The van der Waals surface area contributed by atoms with Crippen molar-refractivity contribution < 1.29 is 14.7 Å². The number of nitrogens with one attached hydrogen (secondary N) is 2. The number of carboxylic acid groups (broad SMARTS) is 1. The van der Waals surface area contributed by atoms with E-state index in [1.807, 2.05) is 49.3 Å². The van der Waals surface area contributed by atoms with Gasteiger partial charge in [-0.1, -0.05) is 24.3 Å². The molecule has 2 aromatic carbocycles. The Morgan fingerprint density at radius 3 is 2.65 bits per heavy atom. The first-order valence-corrected chi connectivity index (χ1v) is 8.32. The molecule has 0 aliphatic rings. The van der Waals surface area contributed by atoms with Crippen LogP contribution in [-0.2, 0) is 11.2 Å². The number of benzene rings is 2. The Morgan fingerprint density at radius 2 is 1.92 bits per heavy atom. The predicted molar refractivity (Wildman–Crippen MR) is 102 cm³/mol. The Labute approximate surface area is 151 Å². The van der Waals surface area contributed by atoms with Gasteiger partial charge in [0.15, 0.2) is 0 Å². The van der Waals surface area contributed by atoms with E-state index in [-0.39, 0.29) is 6.42 Å². The van der Waals surface area contributed by atoms with Crippen molar-refractivity contribution >= 4 is 28.5 Å². The number of fused-ring (bicyclic) bond motifs is 1. The Hall–Kier alpha value is -3.28. The molecule has 3 rings (SSSR count). The maximum atomic E-state index is 12.5. The molecule has 3 N–H and O–H groups in total. The minimum absolute atomic E-state index is 0.207. The third-order valence-electron chi connectivity index (χ3n) is 4.33. The van der Waals surface area contributed by atoms with Gasteiger partial charge in [-0.3, -0.25) is 4.79 Å². The van der Waals surface area contributed by atoms with Crippen LogP contribution in [0, 0.1) is 0 Å². The molecule has 1 aromatic heterocycles. The van der Waals surface area contributed by atoms with Crippen molar-refractivity contribution in [2.45, 2.75) is 12.5 Å². The smallest absolute Gasteiger partial charge is 0.326 e. The third kappa shape index (κ3) is 3.69. The van der Waals surface area contributed by atoms with E-state index in [4.69, 9.17) is 0 Å². The molecule has 26 heavy (non-hydrogen) atoms. The number of rotatable bonds is 6. The van der Waals surface area contributed by atoms with Gasteiger partial charge in [0, 0.05) is 48.9 Å². The molecule has 1 amide bonds. The molecule has 0 fully saturated rings. The second-order valence-corrected chi connectivity index (χ2v) is 6.37. The maximum Gasteiger partial charge on any atom is 0.326 e. The highest BCUT2D eigenvalue weighted by atomic mass is 16.4. The van der Waals surface area contributed by atoms with Crippen molar-refractivity contribution in [2.24, 2.45) is 0 Å². The number of aromatic amines is 1. The molecule has 0 aliphatic carbocycles. The number of hydrogen-bond acceptors (Lipinski definition) is 3. The standard InChI is InChI=1S/C20H21N3O3/c1-23(2)15-7-5-6-13(10-15)19(24)22-18(20(25)26)11-14-12-21-17-9-4-3-8-16(14)17/h3-10,12,18,21H,11H2,1-2H3,(H,22,24)(H,25,26). The van der Waals surface area contributed by atoms with Crippen LogP contribution in [0.25, 0.3) is 10.9 Å². The lowest BCUT2D eigenvalue weighted by atomic mass is 10.0. The number of aromatic nitrogens is 1. The van der Waals surface area contributed by atoms with Gasteiger partial charge in [0.2, 0.25) is 0 Å². The Kier molecular flexibility index (Phi) is 4.93. The van der Waals surface area contributed by atoms with E-state index >= 15 is 0 Å². The summed E-state index contributed by atoms with van der Waals surface area (Å²) in [6.45, 7) is 0. The van der Waals surface area contributed by atoms with Crippen molar-refractivity contribution in [1.29, 1.82) is 0 Å². The fourth-order valence-electron chi connectivity index (χ4n) is 2.89. The number of anilines is 1. The topological polar surface area (TPSA) is 85.4 Å². The first-order chi connectivity index (χ1) is 12.5. The van der Waals surface area contributed by atoms with E-state index < -0.39 is 17.9 Å². The quantitative estimate of drug-likeness (QED) is 0.637. The number of nitrogens with zero attached hydrogens (tertiary/aromatic N) is 1. The third-order valence-corrected chi connectivity index (χ3v) is 4.33. The van der Waals surface area contributed by atoms with Gasteiger partial charge in [0.05, 0.1) is 0 Å². The van der Waals surface area contributed by atoms with Gasteiger partial charge in [0.1, 0.15) is 6.04 Å². The van der Waals surface area contributed by atoms with Crippen molar-refractivity contribution in [1.82, 2.24) is 10.3 Å². The van der Waals surface area contributed by atoms with Gasteiger partial charge < -0.3 is 20.3 Å². The van der Waals surface area contributed by atoms with Gasteiger partial charge in [-0.25, -0.2) is 4.79 Å². The molecule has 3 aromatic rings. The summed E-state index contributed by atoms with van der Waals surface area (Å²) in [5, 5.41) is 13.1. The Morgan fingerprint density at radius 1 is 1.15 bits per heavy atom. The van der Waals surface area contributed by atoms with E-state index in [2.05, 4.69) is 10.3 Å². The fourth-order valence-corrected chi connectivity index (χ4v) is 2.89. The molecule has 1 atom stereocenters. The average molecular weight is 351 g/mol. The number of para-hydroxylation sites is 1. The molecule has 134 valence electrons. The lowest BCUT2D eigenvalue weighted by Crippen LogP contribution is -2.42. The van der Waals surface area contributed by atoms with Crippen LogP contribution >= 0.6 is 0 Å². The van der Waals surface area contributed by atoms with Gasteiger partial charge in [0.25, 0.3) is 5.91 Å². The minimum atomic E-state index is -1.06. The summed E-state index contributed by atoms with van der Waals surface area (Å²) in [6, 6.07) is 13.7. The van der Waals surface area contributed by atoms with Crippen LogP contribution in [0.4, 0.5) is 5.69 Å². The van der Waals surface area contributed by atoms with Crippen LogP contribution < -0.4 is 10.2 Å².